The first kappa shape index (κ1) is 15.5. The first-order valence-electron chi connectivity index (χ1n) is 5.23. The molecule has 19 heavy (non-hydrogen) atoms. The Labute approximate surface area is 119 Å². The Kier molecular flexibility index (Phi) is 5.32. The van der Waals surface area contributed by atoms with E-state index >= 15 is 0 Å². The third kappa shape index (κ3) is 4.54. The van der Waals surface area contributed by atoms with Gasteiger partial charge in [0, 0.05) is 4.47 Å². The van der Waals surface area contributed by atoms with Crippen molar-refractivity contribution in [2.75, 3.05) is 17.1 Å². The lowest BCUT2D eigenvalue weighted by atomic mass is 10.2. The Morgan fingerprint density at radius 3 is 2.74 bits per heavy atom. The van der Waals surface area contributed by atoms with Crippen LogP contribution in [-0.4, -0.2) is 26.7 Å². The first-order chi connectivity index (χ1) is 8.89. The Balaban J connectivity index is 2.96. The molecular weight excluding hydrogens is 336 g/mol. The standard InChI is InChI=1S/C11H11BrN2O4S/c1-2-18-11(15)8-3-4-10(9(12)7-8)14-19(16,17)6-5-13/h3-4,7,14H,2,6H2,1H3. The molecule has 0 radical (unpaired) electrons. The number of ether oxygens (including phenoxy) is 1. The second kappa shape index (κ2) is 6.54. The van der Waals surface area contributed by atoms with E-state index in [1.807, 2.05) is 0 Å². The molecule has 0 aliphatic rings. The van der Waals surface area contributed by atoms with Gasteiger partial charge in [0.2, 0.25) is 10.0 Å². The minimum Gasteiger partial charge on any atom is -0.462 e. The number of nitrogens with zero attached hydrogens (tertiary/aromatic N) is 1. The van der Waals surface area contributed by atoms with Crippen LogP contribution in [0.2, 0.25) is 0 Å². The van der Waals surface area contributed by atoms with Gasteiger partial charge < -0.3 is 4.74 Å². The third-order valence-electron chi connectivity index (χ3n) is 2.00. The lowest BCUT2D eigenvalue weighted by Gasteiger charge is -2.09. The van der Waals surface area contributed by atoms with Crippen molar-refractivity contribution in [2.45, 2.75) is 6.92 Å². The number of anilines is 1. The fourth-order valence-corrected chi connectivity index (χ4v) is 2.59. The van der Waals surface area contributed by atoms with E-state index in [0.29, 0.717) is 10.0 Å². The number of esters is 1. The second-order valence-corrected chi connectivity index (χ2v) is 6.01. The molecule has 6 nitrogen and oxygen atoms in total. The van der Waals surface area contributed by atoms with E-state index in [0.717, 1.165) is 0 Å². The number of nitrogens with one attached hydrogen (secondary N) is 1. The zero-order valence-electron chi connectivity index (χ0n) is 10.0. The fourth-order valence-electron chi connectivity index (χ4n) is 1.23. The maximum absolute atomic E-state index is 11.5. The summed E-state index contributed by atoms with van der Waals surface area (Å²) in [6, 6.07) is 5.86. The number of benzene rings is 1. The van der Waals surface area contributed by atoms with Crippen LogP contribution in [0.25, 0.3) is 0 Å². The molecule has 0 saturated carbocycles. The van der Waals surface area contributed by atoms with Crippen molar-refractivity contribution in [3.8, 4) is 6.07 Å². The van der Waals surface area contributed by atoms with Crippen LogP contribution < -0.4 is 4.72 Å². The highest BCUT2D eigenvalue weighted by Crippen LogP contribution is 2.25. The molecule has 0 heterocycles. The molecule has 8 heteroatoms. The molecule has 0 spiro atoms. The summed E-state index contributed by atoms with van der Waals surface area (Å²) in [6.45, 7) is 1.95. The minimum absolute atomic E-state index is 0.253. The van der Waals surface area contributed by atoms with Crippen molar-refractivity contribution >= 4 is 37.6 Å². The normalized spacial score (nSPS) is 10.6. The van der Waals surface area contributed by atoms with Gasteiger partial charge in [0.1, 0.15) is 0 Å². The lowest BCUT2D eigenvalue weighted by Crippen LogP contribution is -2.16. The maximum atomic E-state index is 11.5. The van der Waals surface area contributed by atoms with Gasteiger partial charge in [-0.05, 0) is 41.1 Å². The van der Waals surface area contributed by atoms with Gasteiger partial charge in [-0.3, -0.25) is 4.72 Å². The highest BCUT2D eigenvalue weighted by atomic mass is 79.9. The van der Waals surface area contributed by atoms with Crippen molar-refractivity contribution < 1.29 is 17.9 Å². The van der Waals surface area contributed by atoms with Crippen molar-refractivity contribution in [3.05, 3.63) is 28.2 Å². The third-order valence-corrected chi connectivity index (χ3v) is 3.70. The summed E-state index contributed by atoms with van der Waals surface area (Å²) in [4.78, 5) is 11.5. The first-order valence-corrected chi connectivity index (χ1v) is 7.68. The van der Waals surface area contributed by atoms with E-state index < -0.39 is 21.7 Å². The summed E-state index contributed by atoms with van der Waals surface area (Å²) in [5.74, 6) is -1.13. The predicted octanol–water partition coefficient (Wildman–Crippen LogP) is 1.89. The maximum Gasteiger partial charge on any atom is 0.338 e. The summed E-state index contributed by atoms with van der Waals surface area (Å²) in [5, 5.41) is 8.38. The molecule has 0 saturated heterocycles. The van der Waals surface area contributed by atoms with Gasteiger partial charge in [-0.2, -0.15) is 5.26 Å². The Morgan fingerprint density at radius 1 is 1.53 bits per heavy atom. The van der Waals surface area contributed by atoms with Crippen molar-refractivity contribution in [1.29, 1.82) is 5.26 Å². The van der Waals surface area contributed by atoms with Gasteiger partial charge in [0.15, 0.2) is 5.75 Å². The monoisotopic (exact) mass is 346 g/mol. The lowest BCUT2D eigenvalue weighted by molar-refractivity contribution is 0.0526. The predicted molar refractivity (Wildman–Crippen MR) is 73.1 cm³/mol. The molecule has 0 bridgehead atoms. The average Bonchev–Trinajstić information content (AvgIpc) is 2.31. The number of carbonyl (C=O) groups is 1. The van der Waals surface area contributed by atoms with Crippen molar-refractivity contribution in [1.82, 2.24) is 0 Å². The van der Waals surface area contributed by atoms with Gasteiger partial charge in [0.05, 0.1) is 23.9 Å². The van der Waals surface area contributed by atoms with E-state index in [1.165, 1.54) is 18.2 Å². The second-order valence-electron chi connectivity index (χ2n) is 3.43. The molecule has 0 fully saturated rings. The number of rotatable bonds is 5. The van der Waals surface area contributed by atoms with E-state index in [2.05, 4.69) is 20.7 Å². The van der Waals surface area contributed by atoms with E-state index in [1.54, 1.807) is 13.0 Å². The van der Waals surface area contributed by atoms with E-state index in [9.17, 15) is 13.2 Å². The Bertz CT molecular complexity index is 622. The largest absolute Gasteiger partial charge is 0.462 e. The summed E-state index contributed by atoms with van der Waals surface area (Å²) in [6.07, 6.45) is 0. The van der Waals surface area contributed by atoms with Gasteiger partial charge >= 0.3 is 5.97 Å². The van der Waals surface area contributed by atoms with Crippen LogP contribution >= 0.6 is 15.9 Å². The van der Waals surface area contributed by atoms with Crippen LogP contribution in [-0.2, 0) is 14.8 Å². The molecule has 0 atom stereocenters. The zero-order valence-corrected chi connectivity index (χ0v) is 12.4. The molecule has 0 aromatic heterocycles. The topological polar surface area (TPSA) is 96.3 Å². The molecule has 0 aliphatic heterocycles. The molecule has 0 amide bonds. The number of nitriles is 1. The highest BCUT2D eigenvalue weighted by Gasteiger charge is 2.14. The quantitative estimate of drug-likeness (QED) is 0.821. The summed E-state index contributed by atoms with van der Waals surface area (Å²) in [7, 11) is -3.71. The van der Waals surface area contributed by atoms with Gasteiger partial charge in [0.25, 0.3) is 0 Å². The number of carbonyl (C=O) groups excluding carboxylic acids is 1. The van der Waals surface area contributed by atoms with Gasteiger partial charge in [-0.15, -0.1) is 0 Å². The highest BCUT2D eigenvalue weighted by molar-refractivity contribution is 9.10. The van der Waals surface area contributed by atoms with Crippen LogP contribution in [0.15, 0.2) is 22.7 Å². The van der Waals surface area contributed by atoms with Crippen molar-refractivity contribution in [3.63, 3.8) is 0 Å². The van der Waals surface area contributed by atoms with Gasteiger partial charge in [-0.1, -0.05) is 0 Å². The molecule has 1 rings (SSSR count). The molecule has 0 unspecified atom stereocenters. The molecule has 102 valence electrons. The number of halogens is 1. The van der Waals surface area contributed by atoms with Gasteiger partial charge in [-0.25, -0.2) is 13.2 Å². The van der Waals surface area contributed by atoms with Crippen LogP contribution in [0.1, 0.15) is 17.3 Å². The average molecular weight is 347 g/mol. The van der Waals surface area contributed by atoms with Crippen molar-refractivity contribution in [2.24, 2.45) is 0 Å². The van der Waals surface area contributed by atoms with E-state index in [4.69, 9.17) is 10.00 Å². The SMILES string of the molecule is CCOC(=O)c1ccc(NS(=O)(=O)CC#N)c(Br)c1. The molecule has 1 N–H and O–H groups in total. The fraction of sp³-hybridized carbons (Fsp3) is 0.273. The van der Waals surface area contributed by atoms with E-state index in [-0.39, 0.29) is 12.3 Å². The number of hydrogen-bond acceptors (Lipinski definition) is 5. The summed E-state index contributed by atoms with van der Waals surface area (Å²) in [5.41, 5.74) is 0.556. The smallest absolute Gasteiger partial charge is 0.338 e. The molecule has 1 aromatic rings. The Morgan fingerprint density at radius 2 is 2.21 bits per heavy atom. The Hall–Kier alpha value is -1.59. The number of sulfonamides is 1. The van der Waals surface area contributed by atoms with Crippen LogP contribution in [0.4, 0.5) is 5.69 Å². The summed E-state index contributed by atoms with van der Waals surface area (Å²) < 4.78 is 30.3. The van der Waals surface area contributed by atoms with Crippen LogP contribution in [0.3, 0.4) is 0 Å². The number of hydrogen-bond donors (Lipinski definition) is 1. The molecular formula is C11H11BrN2O4S. The zero-order chi connectivity index (χ0) is 14.5. The summed E-state index contributed by atoms with van der Waals surface area (Å²) >= 11 is 3.15. The van der Waals surface area contributed by atoms with Crippen LogP contribution in [0, 0.1) is 11.3 Å². The molecule has 1 aromatic carbocycles. The minimum atomic E-state index is -3.71. The molecule has 0 aliphatic carbocycles. The van der Waals surface area contributed by atoms with Crippen LogP contribution in [0.5, 0.6) is 0 Å².